The normalized spacial score (nSPS) is 14.1. The lowest BCUT2D eigenvalue weighted by Gasteiger charge is -1.97. The third-order valence-corrected chi connectivity index (χ3v) is 1.48. The number of hydrogen-bond acceptors (Lipinski definition) is 1. The largest absolute Gasteiger partial charge is 0.293 e. The van der Waals surface area contributed by atoms with Gasteiger partial charge in [0.15, 0.2) is 0 Å². The quantitative estimate of drug-likeness (QED) is 0.432. The van der Waals surface area contributed by atoms with Crippen molar-refractivity contribution in [3.05, 3.63) is 36.5 Å². The summed E-state index contributed by atoms with van der Waals surface area (Å²) in [6, 6.07) is 0. The average Bonchev–Trinajstić information content (AvgIpc) is 2.05. The lowest BCUT2D eigenvalue weighted by atomic mass is 10.1. The molecule has 0 aromatic carbocycles. The maximum atomic E-state index is 4.08. The van der Waals surface area contributed by atoms with Gasteiger partial charge in [0.05, 0.1) is 0 Å². The third-order valence-electron chi connectivity index (χ3n) is 1.48. The summed E-state index contributed by atoms with van der Waals surface area (Å²) in [6.07, 6.45) is 7.69. The van der Waals surface area contributed by atoms with Gasteiger partial charge in [0.25, 0.3) is 0 Å². The van der Waals surface area contributed by atoms with Gasteiger partial charge in [0.2, 0.25) is 0 Å². The molecular weight excluding hydrogens is 134 g/mol. The monoisotopic (exact) mass is 149 g/mol. The Hall–Kier alpha value is -1.11. The van der Waals surface area contributed by atoms with Crippen LogP contribution < -0.4 is 0 Å². The van der Waals surface area contributed by atoms with Gasteiger partial charge in [-0.25, -0.2) is 0 Å². The van der Waals surface area contributed by atoms with Gasteiger partial charge in [-0.05, 0) is 19.4 Å². The molecule has 1 nitrogen and oxygen atoms in total. The predicted molar refractivity (Wildman–Crippen MR) is 52.1 cm³/mol. The van der Waals surface area contributed by atoms with Crippen LogP contribution in [0.25, 0.3) is 0 Å². The molecule has 0 saturated carbocycles. The Labute approximate surface area is 68.9 Å². The summed E-state index contributed by atoms with van der Waals surface area (Å²) in [5.41, 5.74) is 2.19. The van der Waals surface area contributed by atoms with Crippen LogP contribution in [0.3, 0.4) is 0 Å². The van der Waals surface area contributed by atoms with Crippen molar-refractivity contribution in [3.63, 3.8) is 0 Å². The van der Waals surface area contributed by atoms with Crippen molar-refractivity contribution in [3.8, 4) is 0 Å². The first-order valence-electron chi connectivity index (χ1n) is 3.65. The van der Waals surface area contributed by atoms with Gasteiger partial charge in [-0.3, -0.25) is 4.99 Å². The number of allylic oxidation sites excluding steroid dienone is 5. The fourth-order valence-electron chi connectivity index (χ4n) is 0.727. The third kappa shape index (κ3) is 3.56. The first kappa shape index (κ1) is 9.89. The second-order valence-electron chi connectivity index (χ2n) is 2.15. The Morgan fingerprint density at radius 3 is 2.45 bits per heavy atom. The van der Waals surface area contributed by atoms with Gasteiger partial charge in [-0.15, -0.1) is 0 Å². The maximum Gasteiger partial charge on any atom is 0.0382 e. The smallest absolute Gasteiger partial charge is 0.0382 e. The highest BCUT2D eigenvalue weighted by Crippen LogP contribution is 1.99. The van der Waals surface area contributed by atoms with E-state index in [1.807, 2.05) is 32.1 Å². The van der Waals surface area contributed by atoms with E-state index in [1.165, 1.54) is 0 Å². The van der Waals surface area contributed by atoms with Crippen molar-refractivity contribution in [1.82, 2.24) is 0 Å². The van der Waals surface area contributed by atoms with Crippen molar-refractivity contribution >= 4 is 5.71 Å². The van der Waals surface area contributed by atoms with Crippen LogP contribution in [0.2, 0.25) is 0 Å². The lowest BCUT2D eigenvalue weighted by Crippen LogP contribution is -1.92. The van der Waals surface area contributed by atoms with E-state index in [4.69, 9.17) is 0 Å². The molecule has 11 heavy (non-hydrogen) atoms. The van der Waals surface area contributed by atoms with Crippen LogP contribution in [0.5, 0.6) is 0 Å². The number of hydrogen-bond donors (Lipinski definition) is 0. The molecule has 0 amide bonds. The van der Waals surface area contributed by atoms with Crippen molar-refractivity contribution in [2.24, 2.45) is 4.99 Å². The number of nitrogens with zero attached hydrogens (tertiary/aromatic N) is 1. The van der Waals surface area contributed by atoms with Crippen LogP contribution in [-0.4, -0.2) is 12.8 Å². The molecule has 0 aromatic rings. The van der Waals surface area contributed by atoms with Crippen LogP contribution in [0.4, 0.5) is 0 Å². The van der Waals surface area contributed by atoms with Crippen LogP contribution >= 0.6 is 0 Å². The molecule has 0 bridgehead atoms. The SMILES string of the molecule is C=C\C=C/C(=C\C)C(/C)=N/C. The van der Waals surface area contributed by atoms with Gasteiger partial charge < -0.3 is 0 Å². The van der Waals surface area contributed by atoms with Crippen LogP contribution in [-0.2, 0) is 0 Å². The molecule has 0 atom stereocenters. The summed E-state index contributed by atoms with van der Waals surface area (Å²) < 4.78 is 0. The molecule has 0 fully saturated rings. The van der Waals surface area contributed by atoms with Crippen LogP contribution in [0.1, 0.15) is 13.8 Å². The molecule has 0 N–H and O–H groups in total. The number of aliphatic imine (C=N–C) groups is 1. The Morgan fingerprint density at radius 2 is 2.09 bits per heavy atom. The molecule has 0 aliphatic heterocycles. The van der Waals surface area contributed by atoms with E-state index < -0.39 is 0 Å². The second kappa shape index (κ2) is 5.66. The van der Waals surface area contributed by atoms with Crippen molar-refractivity contribution in [1.29, 1.82) is 0 Å². The minimum Gasteiger partial charge on any atom is -0.293 e. The average molecular weight is 149 g/mol. The molecule has 0 unspecified atom stereocenters. The highest BCUT2D eigenvalue weighted by molar-refractivity contribution is 6.00. The molecule has 1 heteroatoms. The Bertz CT molecular complexity index is 207. The van der Waals surface area contributed by atoms with E-state index in [9.17, 15) is 0 Å². The molecule has 0 heterocycles. The first-order valence-corrected chi connectivity index (χ1v) is 3.65. The molecule has 0 aliphatic carbocycles. The van der Waals surface area contributed by atoms with Gasteiger partial charge in [0.1, 0.15) is 0 Å². The molecule has 0 rings (SSSR count). The molecule has 0 radical (unpaired) electrons. The zero-order valence-electron chi connectivity index (χ0n) is 7.46. The molecule has 0 aliphatic rings. The van der Waals surface area contributed by atoms with E-state index >= 15 is 0 Å². The molecular formula is C10H15N. The summed E-state index contributed by atoms with van der Waals surface area (Å²) in [5.74, 6) is 0. The Kier molecular flexibility index (Phi) is 5.09. The highest BCUT2D eigenvalue weighted by atomic mass is 14.7. The first-order chi connectivity index (χ1) is 5.26. The van der Waals surface area contributed by atoms with Gasteiger partial charge in [-0.2, -0.15) is 0 Å². The second-order valence-corrected chi connectivity index (χ2v) is 2.15. The maximum absolute atomic E-state index is 4.08. The molecule has 60 valence electrons. The summed E-state index contributed by atoms with van der Waals surface area (Å²) in [6.45, 7) is 7.58. The summed E-state index contributed by atoms with van der Waals surface area (Å²) >= 11 is 0. The topological polar surface area (TPSA) is 12.4 Å². The van der Waals surface area contributed by atoms with Gasteiger partial charge in [-0.1, -0.05) is 30.9 Å². The minimum atomic E-state index is 1.05. The molecule has 0 saturated heterocycles. The van der Waals surface area contributed by atoms with E-state index in [2.05, 4.69) is 11.6 Å². The summed E-state index contributed by atoms with van der Waals surface area (Å²) in [5, 5.41) is 0. The van der Waals surface area contributed by atoms with E-state index in [0.717, 1.165) is 11.3 Å². The lowest BCUT2D eigenvalue weighted by molar-refractivity contribution is 1.41. The molecule has 0 spiro atoms. The van der Waals surface area contributed by atoms with Crippen molar-refractivity contribution < 1.29 is 0 Å². The van der Waals surface area contributed by atoms with Gasteiger partial charge in [0, 0.05) is 12.8 Å². The zero-order chi connectivity index (χ0) is 8.69. The van der Waals surface area contributed by atoms with Crippen LogP contribution in [0.15, 0.2) is 41.4 Å². The van der Waals surface area contributed by atoms with Gasteiger partial charge >= 0.3 is 0 Å². The predicted octanol–water partition coefficient (Wildman–Crippen LogP) is 2.77. The summed E-state index contributed by atoms with van der Waals surface area (Å²) in [4.78, 5) is 4.08. The van der Waals surface area contributed by atoms with Crippen molar-refractivity contribution in [2.45, 2.75) is 13.8 Å². The molecule has 0 aromatic heterocycles. The number of rotatable bonds is 3. The Morgan fingerprint density at radius 1 is 1.45 bits per heavy atom. The zero-order valence-corrected chi connectivity index (χ0v) is 7.46. The van der Waals surface area contributed by atoms with Crippen molar-refractivity contribution in [2.75, 3.05) is 7.05 Å². The standard InChI is InChI=1S/C10H15N/c1-5-7-8-10(6-2)9(3)11-4/h5-8H,1H2,2-4H3/b8-7-,10-6+,11-9+. The van der Waals surface area contributed by atoms with E-state index in [-0.39, 0.29) is 0 Å². The fraction of sp³-hybridized carbons (Fsp3) is 0.300. The van der Waals surface area contributed by atoms with E-state index in [1.54, 1.807) is 13.1 Å². The Balaban J connectivity index is 4.44. The summed E-state index contributed by atoms with van der Waals surface area (Å²) in [7, 11) is 1.79. The highest BCUT2D eigenvalue weighted by Gasteiger charge is 1.91. The minimum absolute atomic E-state index is 1.05. The van der Waals surface area contributed by atoms with E-state index in [0.29, 0.717) is 0 Å². The fourth-order valence-corrected chi connectivity index (χ4v) is 0.727. The van der Waals surface area contributed by atoms with Crippen LogP contribution in [0, 0.1) is 0 Å².